The van der Waals surface area contributed by atoms with Gasteiger partial charge in [-0.15, -0.1) is 0 Å². The van der Waals surface area contributed by atoms with Gasteiger partial charge in [0.05, 0.1) is 0 Å². The van der Waals surface area contributed by atoms with Crippen molar-refractivity contribution in [2.45, 2.75) is 0 Å². The van der Waals surface area contributed by atoms with Crippen LogP contribution in [0.5, 0.6) is 0 Å². The Morgan fingerprint density at radius 1 is 1.00 bits per heavy atom. The van der Waals surface area contributed by atoms with Crippen molar-refractivity contribution in [3.8, 4) is 0 Å². The quantitative estimate of drug-likeness (QED) is 0.672. The Morgan fingerprint density at radius 2 is 1.50 bits per heavy atom. The van der Waals surface area contributed by atoms with Gasteiger partial charge in [-0.25, -0.2) is 0 Å². The average molecular weight is 264 g/mol. The van der Waals surface area contributed by atoms with Gasteiger partial charge in [-0.05, 0) is 14.1 Å². The molecule has 84 valence electrons. The van der Waals surface area contributed by atoms with Gasteiger partial charge in [0.2, 0.25) is 0 Å². The second kappa shape index (κ2) is 6.77. The van der Waals surface area contributed by atoms with Crippen LogP contribution in [0.2, 0.25) is 0 Å². The molecule has 0 radical (unpaired) electrons. The van der Waals surface area contributed by atoms with E-state index in [-0.39, 0.29) is 0 Å². The van der Waals surface area contributed by atoms with E-state index in [0.717, 1.165) is 5.33 Å². The number of alkyl halides is 1. The molecule has 0 saturated carbocycles. The summed E-state index contributed by atoms with van der Waals surface area (Å²) < 4.78 is 0. The van der Waals surface area contributed by atoms with Crippen molar-refractivity contribution in [1.29, 1.82) is 0 Å². The van der Waals surface area contributed by atoms with Gasteiger partial charge in [0.1, 0.15) is 0 Å². The summed E-state index contributed by atoms with van der Waals surface area (Å²) in [4.78, 5) is 7.34. The molecule has 0 aliphatic carbocycles. The SMILES string of the molecule is CN(C)CCN1CCN(CCBr)CC1. The number of hydrogen-bond acceptors (Lipinski definition) is 3. The maximum Gasteiger partial charge on any atom is 0.0159 e. The van der Waals surface area contributed by atoms with Gasteiger partial charge in [-0.1, -0.05) is 15.9 Å². The minimum absolute atomic E-state index is 1.10. The molecule has 0 amide bonds. The van der Waals surface area contributed by atoms with Crippen LogP contribution in [-0.4, -0.2) is 79.9 Å². The molecule has 0 N–H and O–H groups in total. The van der Waals surface area contributed by atoms with Gasteiger partial charge in [0.25, 0.3) is 0 Å². The molecular formula is C10H22BrN3. The first-order chi connectivity index (χ1) is 6.72. The molecule has 0 atom stereocenters. The van der Waals surface area contributed by atoms with Crippen LogP contribution in [0.4, 0.5) is 0 Å². The third-order valence-corrected chi connectivity index (χ3v) is 3.08. The zero-order valence-corrected chi connectivity index (χ0v) is 11.0. The highest BCUT2D eigenvalue weighted by Gasteiger charge is 2.15. The highest BCUT2D eigenvalue weighted by molar-refractivity contribution is 9.09. The first kappa shape index (κ1) is 12.4. The number of nitrogens with zero attached hydrogens (tertiary/aromatic N) is 3. The maximum atomic E-state index is 3.49. The van der Waals surface area contributed by atoms with Gasteiger partial charge in [0.15, 0.2) is 0 Å². The number of hydrogen-bond donors (Lipinski definition) is 0. The Hall–Kier alpha value is 0.360. The van der Waals surface area contributed by atoms with Crippen LogP contribution in [0.25, 0.3) is 0 Å². The first-order valence-corrected chi connectivity index (χ1v) is 6.50. The molecule has 14 heavy (non-hydrogen) atoms. The van der Waals surface area contributed by atoms with E-state index in [4.69, 9.17) is 0 Å². The summed E-state index contributed by atoms with van der Waals surface area (Å²) in [5, 5.41) is 1.10. The Labute approximate surface area is 96.2 Å². The molecule has 1 aliphatic rings. The molecule has 0 aromatic rings. The summed E-state index contributed by atoms with van der Waals surface area (Å²) in [5.74, 6) is 0. The minimum Gasteiger partial charge on any atom is -0.308 e. The summed E-state index contributed by atoms with van der Waals surface area (Å²) in [6.07, 6.45) is 0. The van der Waals surface area contributed by atoms with Crippen molar-refractivity contribution in [3.63, 3.8) is 0 Å². The molecule has 0 bridgehead atoms. The molecule has 0 aromatic carbocycles. The number of halogens is 1. The second-order valence-corrected chi connectivity index (χ2v) is 4.97. The molecule has 1 saturated heterocycles. The number of likely N-dealkylation sites (N-methyl/N-ethyl adjacent to an activating group) is 1. The molecule has 0 aromatic heterocycles. The van der Waals surface area contributed by atoms with Gasteiger partial charge in [0, 0.05) is 51.1 Å². The lowest BCUT2D eigenvalue weighted by molar-refractivity contribution is 0.131. The summed E-state index contributed by atoms with van der Waals surface area (Å²) in [5.41, 5.74) is 0. The molecule has 1 fully saturated rings. The lowest BCUT2D eigenvalue weighted by Gasteiger charge is -2.34. The molecule has 1 heterocycles. The van der Waals surface area contributed by atoms with Crippen LogP contribution in [0.15, 0.2) is 0 Å². The minimum atomic E-state index is 1.10. The molecule has 0 unspecified atom stereocenters. The van der Waals surface area contributed by atoms with Crippen LogP contribution < -0.4 is 0 Å². The standard InChI is InChI=1S/C10H22BrN3/c1-12(2)5-6-14-9-7-13(4-3-11)8-10-14/h3-10H2,1-2H3. The topological polar surface area (TPSA) is 9.72 Å². The van der Waals surface area contributed by atoms with E-state index in [1.54, 1.807) is 0 Å². The summed E-state index contributed by atoms with van der Waals surface area (Å²) in [6, 6.07) is 0. The largest absolute Gasteiger partial charge is 0.308 e. The molecular weight excluding hydrogens is 242 g/mol. The number of piperazine rings is 1. The average Bonchev–Trinajstić information content (AvgIpc) is 2.17. The van der Waals surface area contributed by atoms with Crippen LogP contribution in [-0.2, 0) is 0 Å². The van der Waals surface area contributed by atoms with Crippen molar-refractivity contribution in [3.05, 3.63) is 0 Å². The van der Waals surface area contributed by atoms with Gasteiger partial charge < -0.3 is 4.90 Å². The fourth-order valence-electron chi connectivity index (χ4n) is 1.70. The normalized spacial score (nSPS) is 20.6. The van der Waals surface area contributed by atoms with Crippen LogP contribution in [0.3, 0.4) is 0 Å². The Morgan fingerprint density at radius 3 is 1.93 bits per heavy atom. The molecule has 1 aliphatic heterocycles. The van der Waals surface area contributed by atoms with Crippen molar-refractivity contribution >= 4 is 15.9 Å². The van der Waals surface area contributed by atoms with Crippen LogP contribution in [0.1, 0.15) is 0 Å². The van der Waals surface area contributed by atoms with Crippen molar-refractivity contribution in [2.75, 3.05) is 65.2 Å². The maximum absolute atomic E-state index is 3.49. The molecule has 4 heteroatoms. The fourth-order valence-corrected chi connectivity index (χ4v) is 2.20. The lowest BCUT2D eigenvalue weighted by Crippen LogP contribution is -2.48. The van der Waals surface area contributed by atoms with Gasteiger partial charge in [-0.3, -0.25) is 9.80 Å². The van der Waals surface area contributed by atoms with E-state index >= 15 is 0 Å². The Kier molecular flexibility index (Phi) is 6.01. The van der Waals surface area contributed by atoms with E-state index in [2.05, 4.69) is 44.7 Å². The monoisotopic (exact) mass is 263 g/mol. The fraction of sp³-hybridized carbons (Fsp3) is 1.00. The van der Waals surface area contributed by atoms with Crippen molar-refractivity contribution < 1.29 is 0 Å². The lowest BCUT2D eigenvalue weighted by atomic mass is 10.3. The molecule has 1 rings (SSSR count). The summed E-state index contributed by atoms with van der Waals surface area (Å²) in [7, 11) is 4.28. The van der Waals surface area contributed by atoms with Crippen molar-refractivity contribution in [2.24, 2.45) is 0 Å². The van der Waals surface area contributed by atoms with Crippen LogP contribution >= 0.6 is 15.9 Å². The van der Waals surface area contributed by atoms with E-state index in [1.807, 2.05) is 0 Å². The predicted molar refractivity (Wildman–Crippen MR) is 65.2 cm³/mol. The summed E-state index contributed by atoms with van der Waals surface area (Å²) >= 11 is 3.49. The smallest absolute Gasteiger partial charge is 0.0159 e. The van der Waals surface area contributed by atoms with E-state index in [0.29, 0.717) is 0 Å². The third kappa shape index (κ3) is 4.73. The third-order valence-electron chi connectivity index (χ3n) is 2.73. The highest BCUT2D eigenvalue weighted by atomic mass is 79.9. The van der Waals surface area contributed by atoms with E-state index in [9.17, 15) is 0 Å². The second-order valence-electron chi connectivity index (χ2n) is 4.18. The number of rotatable bonds is 5. The van der Waals surface area contributed by atoms with Crippen LogP contribution in [0, 0.1) is 0 Å². The first-order valence-electron chi connectivity index (χ1n) is 5.38. The van der Waals surface area contributed by atoms with Gasteiger partial charge in [-0.2, -0.15) is 0 Å². The van der Waals surface area contributed by atoms with Gasteiger partial charge >= 0.3 is 0 Å². The van der Waals surface area contributed by atoms with E-state index < -0.39 is 0 Å². The molecule has 3 nitrogen and oxygen atoms in total. The zero-order chi connectivity index (χ0) is 10.4. The highest BCUT2D eigenvalue weighted by Crippen LogP contribution is 2.01. The summed E-state index contributed by atoms with van der Waals surface area (Å²) in [6.45, 7) is 8.54. The Bertz CT molecular complexity index is 144. The molecule has 0 spiro atoms. The van der Waals surface area contributed by atoms with E-state index in [1.165, 1.54) is 45.8 Å². The van der Waals surface area contributed by atoms with Crippen molar-refractivity contribution in [1.82, 2.24) is 14.7 Å². The zero-order valence-electron chi connectivity index (χ0n) is 9.38. The predicted octanol–water partition coefficient (Wildman–Crippen LogP) is 0.560. The Balaban J connectivity index is 2.09.